The summed E-state index contributed by atoms with van der Waals surface area (Å²) in [5, 5.41) is 3.36. The summed E-state index contributed by atoms with van der Waals surface area (Å²) in [5.41, 5.74) is 0.981. The van der Waals surface area contributed by atoms with E-state index in [4.69, 9.17) is 0 Å². The molecule has 0 aliphatic carbocycles. The third-order valence-corrected chi connectivity index (χ3v) is 4.75. The SMILES string of the molecule is O=C1[C@@H](C2CCNCC2)CC=CCN1Cc1ccc(F)cc1. The van der Waals surface area contributed by atoms with Gasteiger partial charge < -0.3 is 10.2 Å². The third-order valence-electron chi connectivity index (χ3n) is 4.75. The van der Waals surface area contributed by atoms with Gasteiger partial charge in [-0.25, -0.2) is 4.39 Å². The van der Waals surface area contributed by atoms with Crippen LogP contribution in [0.4, 0.5) is 4.39 Å². The van der Waals surface area contributed by atoms with Gasteiger partial charge in [-0.05, 0) is 56.0 Å². The van der Waals surface area contributed by atoms with Crippen molar-refractivity contribution in [2.24, 2.45) is 11.8 Å². The van der Waals surface area contributed by atoms with Crippen molar-refractivity contribution >= 4 is 5.91 Å². The number of carbonyl (C=O) groups excluding carboxylic acids is 1. The molecule has 0 radical (unpaired) electrons. The van der Waals surface area contributed by atoms with Gasteiger partial charge in [0.1, 0.15) is 5.82 Å². The summed E-state index contributed by atoms with van der Waals surface area (Å²) in [7, 11) is 0. The summed E-state index contributed by atoms with van der Waals surface area (Å²) < 4.78 is 13.0. The molecule has 3 rings (SSSR count). The standard InChI is InChI=1S/C18H23FN2O/c19-16-6-4-14(5-7-16)13-21-12-2-1-3-17(18(21)22)15-8-10-20-11-9-15/h1-2,4-7,15,17,20H,3,8-13H2/t17-/m1/s1. The molecule has 1 aromatic rings. The van der Waals surface area contributed by atoms with Crippen LogP contribution in [-0.2, 0) is 11.3 Å². The first-order valence-electron chi connectivity index (χ1n) is 8.13. The van der Waals surface area contributed by atoms with Crippen molar-refractivity contribution in [2.75, 3.05) is 19.6 Å². The smallest absolute Gasteiger partial charge is 0.226 e. The van der Waals surface area contributed by atoms with E-state index < -0.39 is 0 Å². The zero-order valence-corrected chi connectivity index (χ0v) is 12.8. The Morgan fingerprint density at radius 2 is 1.86 bits per heavy atom. The van der Waals surface area contributed by atoms with E-state index >= 15 is 0 Å². The highest BCUT2D eigenvalue weighted by Crippen LogP contribution is 2.29. The molecule has 2 aliphatic rings. The Morgan fingerprint density at radius 3 is 2.59 bits per heavy atom. The summed E-state index contributed by atoms with van der Waals surface area (Å²) in [5.74, 6) is 0.591. The van der Waals surface area contributed by atoms with E-state index in [0.29, 0.717) is 19.0 Å². The van der Waals surface area contributed by atoms with Crippen molar-refractivity contribution in [3.05, 3.63) is 47.8 Å². The number of benzene rings is 1. The van der Waals surface area contributed by atoms with E-state index in [1.54, 1.807) is 12.1 Å². The highest BCUT2D eigenvalue weighted by Gasteiger charge is 2.32. The zero-order chi connectivity index (χ0) is 15.4. The number of nitrogens with one attached hydrogen (secondary N) is 1. The molecule has 118 valence electrons. The molecule has 3 nitrogen and oxygen atoms in total. The molecule has 1 fully saturated rings. The van der Waals surface area contributed by atoms with Crippen molar-refractivity contribution < 1.29 is 9.18 Å². The maximum atomic E-state index is 13.0. The molecule has 4 heteroatoms. The summed E-state index contributed by atoms with van der Waals surface area (Å²) >= 11 is 0. The van der Waals surface area contributed by atoms with Crippen LogP contribution in [0, 0.1) is 17.7 Å². The number of carbonyl (C=O) groups is 1. The molecule has 1 N–H and O–H groups in total. The van der Waals surface area contributed by atoms with Crippen molar-refractivity contribution in [3.8, 4) is 0 Å². The van der Waals surface area contributed by atoms with Gasteiger partial charge >= 0.3 is 0 Å². The Kier molecular flexibility index (Phi) is 4.88. The molecule has 0 unspecified atom stereocenters. The molecule has 0 spiro atoms. The Bertz CT molecular complexity index is 535. The van der Waals surface area contributed by atoms with Crippen molar-refractivity contribution in [3.63, 3.8) is 0 Å². The number of rotatable bonds is 3. The predicted octanol–water partition coefficient (Wildman–Crippen LogP) is 2.73. The predicted molar refractivity (Wildman–Crippen MR) is 84.7 cm³/mol. The van der Waals surface area contributed by atoms with Crippen molar-refractivity contribution in [1.29, 1.82) is 0 Å². The fraction of sp³-hybridized carbons (Fsp3) is 0.500. The first-order valence-corrected chi connectivity index (χ1v) is 8.13. The number of hydrogen-bond acceptors (Lipinski definition) is 2. The van der Waals surface area contributed by atoms with Crippen LogP contribution < -0.4 is 5.32 Å². The van der Waals surface area contributed by atoms with Crippen LogP contribution in [0.1, 0.15) is 24.8 Å². The topological polar surface area (TPSA) is 32.3 Å². The first kappa shape index (κ1) is 15.2. The van der Waals surface area contributed by atoms with E-state index in [9.17, 15) is 9.18 Å². The molecule has 2 aliphatic heterocycles. The minimum atomic E-state index is -0.238. The Morgan fingerprint density at radius 1 is 1.14 bits per heavy atom. The molecule has 1 atom stereocenters. The normalized spacial score (nSPS) is 23.6. The van der Waals surface area contributed by atoms with Gasteiger partial charge in [-0.15, -0.1) is 0 Å². The Hall–Kier alpha value is -1.68. The second kappa shape index (κ2) is 7.05. The van der Waals surface area contributed by atoms with E-state index in [2.05, 4.69) is 17.5 Å². The fourth-order valence-corrected chi connectivity index (χ4v) is 3.46. The molecule has 1 saturated heterocycles. The molecule has 1 amide bonds. The van der Waals surface area contributed by atoms with Gasteiger partial charge in [-0.3, -0.25) is 4.79 Å². The van der Waals surface area contributed by atoms with E-state index in [1.807, 2.05) is 4.90 Å². The lowest BCUT2D eigenvalue weighted by molar-refractivity contribution is -0.137. The van der Waals surface area contributed by atoms with Crippen LogP contribution in [0.25, 0.3) is 0 Å². The minimum absolute atomic E-state index is 0.0984. The monoisotopic (exact) mass is 302 g/mol. The summed E-state index contributed by atoms with van der Waals surface area (Å²) in [6.07, 6.45) is 7.24. The van der Waals surface area contributed by atoms with E-state index in [0.717, 1.165) is 37.9 Å². The molecule has 1 aromatic carbocycles. The molecule has 2 heterocycles. The average molecular weight is 302 g/mol. The number of piperidine rings is 1. The number of allylic oxidation sites excluding steroid dienone is 1. The minimum Gasteiger partial charge on any atom is -0.334 e. The Labute approximate surface area is 131 Å². The van der Waals surface area contributed by atoms with Gasteiger partial charge in [0, 0.05) is 19.0 Å². The summed E-state index contributed by atoms with van der Waals surface area (Å²) in [6.45, 7) is 3.23. The first-order chi connectivity index (χ1) is 10.7. The molecule has 0 bridgehead atoms. The van der Waals surface area contributed by atoms with Gasteiger partial charge in [0.05, 0.1) is 0 Å². The average Bonchev–Trinajstić information content (AvgIpc) is 2.73. The molecule has 22 heavy (non-hydrogen) atoms. The van der Waals surface area contributed by atoms with Gasteiger partial charge in [0.2, 0.25) is 5.91 Å². The number of halogens is 1. The number of nitrogens with zero attached hydrogens (tertiary/aromatic N) is 1. The number of hydrogen-bond donors (Lipinski definition) is 1. The fourth-order valence-electron chi connectivity index (χ4n) is 3.46. The molecular weight excluding hydrogens is 279 g/mol. The Balaban J connectivity index is 1.71. The second-order valence-electron chi connectivity index (χ2n) is 6.25. The van der Waals surface area contributed by atoms with Crippen LogP contribution >= 0.6 is 0 Å². The molecule has 0 aromatic heterocycles. The van der Waals surface area contributed by atoms with Crippen molar-refractivity contribution in [1.82, 2.24) is 10.2 Å². The van der Waals surface area contributed by atoms with Crippen molar-refractivity contribution in [2.45, 2.75) is 25.8 Å². The highest BCUT2D eigenvalue weighted by molar-refractivity contribution is 5.80. The summed E-state index contributed by atoms with van der Waals surface area (Å²) in [6, 6.07) is 6.43. The maximum absolute atomic E-state index is 13.0. The van der Waals surface area contributed by atoms with Gasteiger partial charge in [-0.1, -0.05) is 24.3 Å². The zero-order valence-electron chi connectivity index (χ0n) is 12.8. The third kappa shape index (κ3) is 3.55. The molecular formula is C18H23FN2O. The van der Waals surface area contributed by atoms with Crippen LogP contribution in [0.5, 0.6) is 0 Å². The largest absolute Gasteiger partial charge is 0.334 e. The van der Waals surface area contributed by atoms with Crippen LogP contribution in [0.3, 0.4) is 0 Å². The maximum Gasteiger partial charge on any atom is 0.226 e. The van der Waals surface area contributed by atoms with Crippen LogP contribution in [-0.4, -0.2) is 30.4 Å². The highest BCUT2D eigenvalue weighted by atomic mass is 19.1. The lowest BCUT2D eigenvalue weighted by Crippen LogP contribution is -2.41. The van der Waals surface area contributed by atoms with Crippen LogP contribution in [0.15, 0.2) is 36.4 Å². The van der Waals surface area contributed by atoms with Gasteiger partial charge in [0.15, 0.2) is 0 Å². The van der Waals surface area contributed by atoms with E-state index in [1.165, 1.54) is 12.1 Å². The second-order valence-corrected chi connectivity index (χ2v) is 6.25. The quantitative estimate of drug-likeness (QED) is 0.871. The lowest BCUT2D eigenvalue weighted by Gasteiger charge is -2.32. The van der Waals surface area contributed by atoms with Gasteiger partial charge in [-0.2, -0.15) is 0 Å². The van der Waals surface area contributed by atoms with Crippen LogP contribution in [0.2, 0.25) is 0 Å². The summed E-state index contributed by atoms with van der Waals surface area (Å²) in [4.78, 5) is 14.8. The van der Waals surface area contributed by atoms with E-state index in [-0.39, 0.29) is 17.6 Å². The van der Waals surface area contributed by atoms with Gasteiger partial charge in [0.25, 0.3) is 0 Å². The molecule has 0 saturated carbocycles. The number of amides is 1. The lowest BCUT2D eigenvalue weighted by atomic mass is 9.82.